The second-order valence-corrected chi connectivity index (χ2v) is 4.39. The highest BCUT2D eigenvalue weighted by molar-refractivity contribution is 5.76. The molecule has 0 bridgehead atoms. The highest BCUT2D eigenvalue weighted by Crippen LogP contribution is 2.20. The van der Waals surface area contributed by atoms with E-state index >= 15 is 0 Å². The lowest BCUT2D eigenvalue weighted by Gasteiger charge is -2.41. The maximum atomic E-state index is 12.0. The van der Waals surface area contributed by atoms with Crippen molar-refractivity contribution in [1.82, 2.24) is 9.80 Å². The van der Waals surface area contributed by atoms with E-state index in [0.717, 1.165) is 6.42 Å². The molecule has 0 unspecified atom stereocenters. The van der Waals surface area contributed by atoms with Crippen molar-refractivity contribution >= 4 is 12.0 Å². The summed E-state index contributed by atoms with van der Waals surface area (Å²) in [6, 6.07) is -0.00612. The Kier molecular flexibility index (Phi) is 5.00. The van der Waals surface area contributed by atoms with E-state index in [1.54, 1.807) is 15.9 Å². The van der Waals surface area contributed by atoms with Crippen molar-refractivity contribution < 1.29 is 14.7 Å². The molecule has 1 fully saturated rings. The minimum absolute atomic E-state index is 0.00612. The van der Waals surface area contributed by atoms with Crippen LogP contribution in [0.2, 0.25) is 0 Å². The third kappa shape index (κ3) is 3.76. The van der Waals surface area contributed by atoms with Gasteiger partial charge in [0.25, 0.3) is 0 Å². The quantitative estimate of drug-likeness (QED) is 0.714. The standard InChI is InChI=1S/C12H20N2O3/c1-3-5-13(6-4-2)12(17)14-8-10(9-14)7-11(15)16/h3,10H,1,4-9H2,2H3,(H,15,16). The van der Waals surface area contributed by atoms with Crippen LogP contribution in [0.3, 0.4) is 0 Å². The summed E-state index contributed by atoms with van der Waals surface area (Å²) in [5, 5.41) is 8.62. The van der Waals surface area contributed by atoms with Gasteiger partial charge in [0.1, 0.15) is 0 Å². The molecule has 96 valence electrons. The Balaban J connectivity index is 2.38. The van der Waals surface area contributed by atoms with Crippen LogP contribution in [-0.2, 0) is 4.79 Å². The fourth-order valence-corrected chi connectivity index (χ4v) is 1.99. The van der Waals surface area contributed by atoms with Gasteiger partial charge in [0, 0.05) is 32.1 Å². The first-order chi connectivity index (χ1) is 8.08. The zero-order valence-electron chi connectivity index (χ0n) is 10.3. The van der Waals surface area contributed by atoms with Gasteiger partial charge in [-0.05, 0) is 6.42 Å². The Morgan fingerprint density at radius 1 is 1.53 bits per heavy atom. The molecule has 17 heavy (non-hydrogen) atoms. The van der Waals surface area contributed by atoms with Crippen LogP contribution in [0.5, 0.6) is 0 Å². The van der Waals surface area contributed by atoms with Crippen LogP contribution in [-0.4, -0.2) is 53.1 Å². The van der Waals surface area contributed by atoms with Gasteiger partial charge in [0.2, 0.25) is 0 Å². The van der Waals surface area contributed by atoms with Crippen LogP contribution in [0, 0.1) is 5.92 Å². The smallest absolute Gasteiger partial charge is 0.320 e. The van der Waals surface area contributed by atoms with E-state index in [1.165, 1.54) is 0 Å². The van der Waals surface area contributed by atoms with Crippen LogP contribution in [0.4, 0.5) is 4.79 Å². The third-order valence-corrected chi connectivity index (χ3v) is 2.80. The fourth-order valence-electron chi connectivity index (χ4n) is 1.99. The topological polar surface area (TPSA) is 60.9 Å². The van der Waals surface area contributed by atoms with E-state index in [0.29, 0.717) is 26.2 Å². The van der Waals surface area contributed by atoms with Gasteiger partial charge >= 0.3 is 12.0 Å². The number of likely N-dealkylation sites (tertiary alicyclic amines) is 1. The van der Waals surface area contributed by atoms with Crippen LogP contribution < -0.4 is 0 Å². The Morgan fingerprint density at radius 2 is 2.18 bits per heavy atom. The molecule has 0 aromatic rings. The Labute approximate surface area is 102 Å². The van der Waals surface area contributed by atoms with E-state index in [9.17, 15) is 9.59 Å². The maximum absolute atomic E-state index is 12.0. The first-order valence-corrected chi connectivity index (χ1v) is 5.95. The normalized spacial score (nSPS) is 15.2. The summed E-state index contributed by atoms with van der Waals surface area (Å²) >= 11 is 0. The van der Waals surface area contributed by atoms with E-state index < -0.39 is 5.97 Å². The van der Waals surface area contributed by atoms with Crippen molar-refractivity contribution in [2.45, 2.75) is 19.8 Å². The molecule has 5 nitrogen and oxygen atoms in total. The number of urea groups is 1. The number of carbonyl (C=O) groups excluding carboxylic acids is 1. The van der Waals surface area contributed by atoms with Gasteiger partial charge in [-0.3, -0.25) is 4.79 Å². The highest BCUT2D eigenvalue weighted by Gasteiger charge is 2.33. The predicted octanol–water partition coefficient (Wildman–Crippen LogP) is 1.41. The Hall–Kier alpha value is -1.52. The van der Waals surface area contributed by atoms with Crippen molar-refractivity contribution in [2.75, 3.05) is 26.2 Å². The average molecular weight is 240 g/mol. The molecule has 1 saturated heterocycles. The van der Waals surface area contributed by atoms with Gasteiger partial charge < -0.3 is 14.9 Å². The van der Waals surface area contributed by atoms with Crippen LogP contribution in [0.15, 0.2) is 12.7 Å². The zero-order valence-corrected chi connectivity index (χ0v) is 10.3. The summed E-state index contributed by atoms with van der Waals surface area (Å²) in [6.07, 6.45) is 2.77. The van der Waals surface area contributed by atoms with Gasteiger partial charge in [0.15, 0.2) is 0 Å². The Bertz CT molecular complexity index is 298. The molecule has 1 N–H and O–H groups in total. The van der Waals surface area contributed by atoms with Crippen molar-refractivity contribution in [3.05, 3.63) is 12.7 Å². The lowest BCUT2D eigenvalue weighted by molar-refractivity contribution is -0.139. The van der Waals surface area contributed by atoms with Gasteiger partial charge in [-0.2, -0.15) is 0 Å². The summed E-state index contributed by atoms with van der Waals surface area (Å²) in [5.74, 6) is -0.678. The van der Waals surface area contributed by atoms with Crippen molar-refractivity contribution in [3.8, 4) is 0 Å². The molecule has 0 saturated carbocycles. The molecule has 0 radical (unpaired) electrons. The number of carboxylic acid groups (broad SMARTS) is 1. The first kappa shape index (κ1) is 13.5. The summed E-state index contributed by atoms with van der Waals surface area (Å²) in [5.41, 5.74) is 0. The van der Waals surface area contributed by atoms with Crippen LogP contribution in [0.1, 0.15) is 19.8 Å². The number of amides is 2. The maximum Gasteiger partial charge on any atom is 0.320 e. The molecule has 2 amide bonds. The molecular formula is C12H20N2O3. The van der Waals surface area contributed by atoms with E-state index in [1.807, 2.05) is 6.92 Å². The zero-order chi connectivity index (χ0) is 12.8. The van der Waals surface area contributed by atoms with Gasteiger partial charge in [-0.1, -0.05) is 13.0 Å². The number of carboxylic acids is 1. The monoisotopic (exact) mass is 240 g/mol. The van der Waals surface area contributed by atoms with Gasteiger partial charge in [0.05, 0.1) is 6.42 Å². The number of rotatable bonds is 6. The summed E-state index contributed by atoms with van der Waals surface area (Å²) in [4.78, 5) is 25.9. The van der Waals surface area contributed by atoms with Crippen molar-refractivity contribution in [3.63, 3.8) is 0 Å². The molecule has 1 heterocycles. The number of aliphatic carboxylic acids is 1. The average Bonchev–Trinajstić information content (AvgIpc) is 2.21. The van der Waals surface area contributed by atoms with Gasteiger partial charge in [-0.25, -0.2) is 4.79 Å². The summed E-state index contributed by atoms with van der Waals surface area (Å²) in [6.45, 7) is 8.03. The van der Waals surface area contributed by atoms with Crippen LogP contribution in [0.25, 0.3) is 0 Å². The molecule has 1 rings (SSSR count). The molecule has 0 aromatic heterocycles. The number of hydrogen-bond acceptors (Lipinski definition) is 2. The first-order valence-electron chi connectivity index (χ1n) is 5.95. The lowest BCUT2D eigenvalue weighted by Crippen LogP contribution is -2.55. The molecule has 0 aromatic carbocycles. The second kappa shape index (κ2) is 6.27. The minimum Gasteiger partial charge on any atom is -0.481 e. The fraction of sp³-hybridized carbons (Fsp3) is 0.667. The SMILES string of the molecule is C=CCN(CCC)C(=O)N1CC(CC(=O)O)C1. The second-order valence-electron chi connectivity index (χ2n) is 4.39. The summed E-state index contributed by atoms with van der Waals surface area (Å²) in [7, 11) is 0. The molecule has 1 aliphatic rings. The third-order valence-electron chi connectivity index (χ3n) is 2.80. The molecule has 0 atom stereocenters. The van der Waals surface area contributed by atoms with E-state index in [2.05, 4.69) is 6.58 Å². The largest absolute Gasteiger partial charge is 0.481 e. The summed E-state index contributed by atoms with van der Waals surface area (Å²) < 4.78 is 0. The predicted molar refractivity (Wildman–Crippen MR) is 64.8 cm³/mol. The number of nitrogens with zero attached hydrogens (tertiary/aromatic N) is 2. The van der Waals surface area contributed by atoms with Crippen molar-refractivity contribution in [2.24, 2.45) is 5.92 Å². The number of hydrogen-bond donors (Lipinski definition) is 1. The molecule has 0 aliphatic carbocycles. The molecule has 5 heteroatoms. The van der Waals surface area contributed by atoms with Crippen molar-refractivity contribution in [1.29, 1.82) is 0 Å². The van der Waals surface area contributed by atoms with E-state index in [-0.39, 0.29) is 18.4 Å². The molecule has 1 aliphatic heterocycles. The lowest BCUT2D eigenvalue weighted by atomic mass is 9.97. The van der Waals surface area contributed by atoms with Gasteiger partial charge in [-0.15, -0.1) is 6.58 Å². The number of carbonyl (C=O) groups is 2. The van der Waals surface area contributed by atoms with Crippen LogP contribution >= 0.6 is 0 Å². The minimum atomic E-state index is -0.793. The molecular weight excluding hydrogens is 220 g/mol. The Morgan fingerprint density at radius 3 is 2.65 bits per heavy atom. The highest BCUT2D eigenvalue weighted by atomic mass is 16.4. The van der Waals surface area contributed by atoms with E-state index in [4.69, 9.17) is 5.11 Å². The molecule has 0 spiro atoms.